The first-order valence-corrected chi connectivity index (χ1v) is 17.9. The van der Waals surface area contributed by atoms with Crippen LogP contribution >= 0.6 is 11.8 Å². The molecule has 2 aromatic rings. The molecular weight excluding hydrogens is 548 g/mol. The van der Waals surface area contributed by atoms with E-state index in [9.17, 15) is 19.2 Å². The molecule has 10 nitrogen and oxygen atoms in total. The number of aromatic nitrogens is 1. The highest BCUT2D eigenvalue weighted by atomic mass is 32.2. The predicted octanol–water partition coefficient (Wildman–Crippen LogP) is 4.68. The molecule has 1 aromatic heterocycles. The van der Waals surface area contributed by atoms with Crippen LogP contribution in [0.3, 0.4) is 0 Å². The molecule has 0 spiro atoms. The zero-order valence-electron chi connectivity index (χ0n) is 23.9. The quantitative estimate of drug-likeness (QED) is 0.320. The zero-order chi connectivity index (χ0) is 29.5. The number of amides is 3. The molecule has 40 heavy (non-hydrogen) atoms. The van der Waals surface area contributed by atoms with E-state index < -0.39 is 49.0 Å². The van der Waals surface area contributed by atoms with Crippen molar-refractivity contribution in [2.24, 2.45) is 0 Å². The lowest BCUT2D eigenvalue weighted by atomic mass is 10.1. The monoisotopic (exact) mass is 586 g/mol. The third-order valence-corrected chi connectivity index (χ3v) is 8.81. The summed E-state index contributed by atoms with van der Waals surface area (Å²) in [7, 11) is -1.33. The number of esters is 2. The van der Waals surface area contributed by atoms with E-state index in [0.717, 1.165) is 11.6 Å². The van der Waals surface area contributed by atoms with Gasteiger partial charge >= 0.3 is 18.0 Å². The number of nitrogens with one attached hydrogen (secondary N) is 2. The van der Waals surface area contributed by atoms with Crippen molar-refractivity contribution in [1.29, 1.82) is 0 Å². The Morgan fingerprint density at radius 2 is 1.88 bits per heavy atom. The number of carbonyl (C=O) groups is 4. The number of hydrogen-bond acceptors (Lipinski definition) is 8. The van der Waals surface area contributed by atoms with Gasteiger partial charge in [-0.05, 0) is 51.1 Å². The van der Waals surface area contributed by atoms with Crippen LogP contribution in [0.1, 0.15) is 42.1 Å². The number of hydrogen-bond donors (Lipinski definition) is 2. The number of pyridine rings is 1. The van der Waals surface area contributed by atoms with Crippen LogP contribution in [0.2, 0.25) is 25.7 Å². The van der Waals surface area contributed by atoms with Gasteiger partial charge in [0.1, 0.15) is 17.0 Å². The summed E-state index contributed by atoms with van der Waals surface area (Å²) in [5.74, 6) is -1.05. The highest BCUT2D eigenvalue weighted by molar-refractivity contribution is 7.99. The van der Waals surface area contributed by atoms with Crippen LogP contribution in [0.25, 0.3) is 0 Å². The van der Waals surface area contributed by atoms with E-state index in [0.29, 0.717) is 23.6 Å². The summed E-state index contributed by atoms with van der Waals surface area (Å²) in [5.41, 5.74) is 0.750. The van der Waals surface area contributed by atoms with Crippen molar-refractivity contribution in [1.82, 2.24) is 15.2 Å². The number of urea groups is 1. The van der Waals surface area contributed by atoms with Gasteiger partial charge in [-0.1, -0.05) is 31.8 Å². The fourth-order valence-electron chi connectivity index (χ4n) is 3.82. The standard InChI is InChI=1S/C28H38N4O6SSi/c1-28(2,3)38-26(35)22-18-39-24(20-10-8-12-29-16-20)32(22)23(33)17-30-27(36)31-21-11-7-9-19(15-21)25(34)37-13-14-40(4,5)6/h7-12,15-16,22,24H,13-14,17-18H2,1-6H3,(H2,30,31,36)/t22-,24+/m0/s1. The molecule has 3 rings (SSSR count). The molecule has 2 atom stereocenters. The lowest BCUT2D eigenvalue weighted by molar-refractivity contribution is -0.163. The second kappa shape index (κ2) is 13.3. The molecule has 216 valence electrons. The predicted molar refractivity (Wildman–Crippen MR) is 158 cm³/mol. The maximum Gasteiger partial charge on any atom is 0.338 e. The summed E-state index contributed by atoms with van der Waals surface area (Å²) < 4.78 is 10.9. The Kier molecular flexibility index (Phi) is 10.4. The maximum atomic E-state index is 13.4. The van der Waals surface area contributed by atoms with Crippen LogP contribution in [-0.4, -0.2) is 72.4 Å². The highest BCUT2D eigenvalue weighted by Crippen LogP contribution is 2.41. The number of anilines is 1. The van der Waals surface area contributed by atoms with Crippen molar-refractivity contribution < 1.29 is 28.7 Å². The molecule has 1 aromatic carbocycles. The topological polar surface area (TPSA) is 127 Å². The van der Waals surface area contributed by atoms with E-state index >= 15 is 0 Å². The molecule has 0 saturated carbocycles. The third kappa shape index (κ3) is 9.37. The van der Waals surface area contributed by atoms with Gasteiger partial charge in [-0.3, -0.25) is 9.78 Å². The summed E-state index contributed by atoms with van der Waals surface area (Å²) in [4.78, 5) is 57.0. The minimum atomic E-state index is -1.33. The van der Waals surface area contributed by atoms with E-state index in [-0.39, 0.29) is 6.54 Å². The van der Waals surface area contributed by atoms with Crippen molar-refractivity contribution in [3.8, 4) is 0 Å². The van der Waals surface area contributed by atoms with Crippen LogP contribution < -0.4 is 10.6 Å². The molecule has 3 amide bonds. The van der Waals surface area contributed by atoms with Crippen molar-refractivity contribution >= 4 is 49.4 Å². The Bertz CT molecular complexity index is 1220. The molecule has 2 N–H and O–H groups in total. The fourth-order valence-corrected chi connectivity index (χ4v) is 5.95. The number of rotatable bonds is 9. The Morgan fingerprint density at radius 1 is 1.12 bits per heavy atom. The van der Waals surface area contributed by atoms with Crippen molar-refractivity contribution in [3.63, 3.8) is 0 Å². The van der Waals surface area contributed by atoms with E-state index in [1.807, 2.05) is 6.07 Å². The van der Waals surface area contributed by atoms with E-state index in [2.05, 4.69) is 35.3 Å². The van der Waals surface area contributed by atoms with Gasteiger partial charge in [-0.2, -0.15) is 0 Å². The largest absolute Gasteiger partial charge is 0.462 e. The average molecular weight is 587 g/mol. The van der Waals surface area contributed by atoms with Gasteiger partial charge in [0.25, 0.3) is 0 Å². The SMILES string of the molecule is CC(C)(C)OC(=O)[C@@H]1CS[C@H](c2cccnc2)N1C(=O)CNC(=O)Nc1cccc(C(=O)OCC[Si](C)(C)C)c1. The molecule has 0 radical (unpaired) electrons. The van der Waals surface area contributed by atoms with Crippen molar-refractivity contribution in [3.05, 3.63) is 59.9 Å². The molecule has 0 unspecified atom stereocenters. The number of carbonyl (C=O) groups excluding carboxylic acids is 4. The summed E-state index contributed by atoms with van der Waals surface area (Å²) in [5, 5.41) is 4.75. The van der Waals surface area contributed by atoms with Gasteiger partial charge in [0.05, 0.1) is 18.7 Å². The number of thioether (sulfide) groups is 1. The second-order valence-electron chi connectivity index (χ2n) is 11.7. The van der Waals surface area contributed by atoms with Crippen molar-refractivity contribution in [2.45, 2.75) is 63.5 Å². The Hall–Kier alpha value is -3.38. The smallest absolute Gasteiger partial charge is 0.338 e. The van der Waals surface area contributed by atoms with Crippen LogP contribution in [0.5, 0.6) is 0 Å². The molecule has 0 aliphatic carbocycles. The van der Waals surface area contributed by atoms with Gasteiger partial charge in [-0.15, -0.1) is 11.8 Å². The van der Waals surface area contributed by atoms with Gasteiger partial charge in [0, 0.05) is 37.5 Å². The Labute approximate surface area is 240 Å². The average Bonchev–Trinajstić information content (AvgIpc) is 3.32. The highest BCUT2D eigenvalue weighted by Gasteiger charge is 2.44. The first kappa shape index (κ1) is 31.1. The molecular formula is C28H38N4O6SSi. The van der Waals surface area contributed by atoms with Gasteiger partial charge in [0.2, 0.25) is 5.91 Å². The molecule has 12 heteroatoms. The maximum absolute atomic E-state index is 13.4. The first-order chi connectivity index (χ1) is 18.7. The summed E-state index contributed by atoms with van der Waals surface area (Å²) in [6, 6.07) is 9.43. The molecule has 1 saturated heterocycles. The van der Waals surface area contributed by atoms with Crippen LogP contribution in [0.15, 0.2) is 48.8 Å². The lowest BCUT2D eigenvalue weighted by Crippen LogP contribution is -2.49. The summed E-state index contributed by atoms with van der Waals surface area (Å²) in [6.45, 7) is 11.9. The normalized spacial score (nSPS) is 17.2. The fraction of sp³-hybridized carbons (Fsp3) is 0.464. The molecule has 1 aliphatic rings. The van der Waals surface area contributed by atoms with E-state index in [1.165, 1.54) is 22.7 Å². The molecule has 1 aliphatic heterocycles. The van der Waals surface area contributed by atoms with Gasteiger partial charge < -0.3 is 25.0 Å². The van der Waals surface area contributed by atoms with E-state index in [4.69, 9.17) is 9.47 Å². The number of nitrogens with zero attached hydrogens (tertiary/aromatic N) is 2. The number of ether oxygens (including phenoxy) is 2. The zero-order valence-corrected chi connectivity index (χ0v) is 25.7. The third-order valence-electron chi connectivity index (χ3n) is 5.78. The minimum absolute atomic E-state index is 0.318. The van der Waals surface area contributed by atoms with Crippen LogP contribution in [-0.2, 0) is 19.1 Å². The summed E-state index contributed by atoms with van der Waals surface area (Å²) in [6.07, 6.45) is 3.28. The second-order valence-corrected chi connectivity index (χ2v) is 18.4. The Morgan fingerprint density at radius 3 is 2.52 bits per heavy atom. The molecule has 2 heterocycles. The van der Waals surface area contributed by atoms with Crippen LogP contribution in [0, 0.1) is 0 Å². The Balaban J connectivity index is 1.63. The van der Waals surface area contributed by atoms with Crippen LogP contribution in [0.4, 0.5) is 10.5 Å². The first-order valence-electron chi connectivity index (χ1n) is 13.1. The molecule has 1 fully saturated rings. The lowest BCUT2D eigenvalue weighted by Gasteiger charge is -2.30. The van der Waals surface area contributed by atoms with Gasteiger partial charge in [-0.25, -0.2) is 14.4 Å². The minimum Gasteiger partial charge on any atom is -0.462 e. The number of benzene rings is 1. The molecule has 0 bridgehead atoms. The van der Waals surface area contributed by atoms with E-state index in [1.54, 1.807) is 57.4 Å². The van der Waals surface area contributed by atoms with Gasteiger partial charge in [0.15, 0.2) is 0 Å². The van der Waals surface area contributed by atoms with Crippen molar-refractivity contribution in [2.75, 3.05) is 24.2 Å². The summed E-state index contributed by atoms with van der Waals surface area (Å²) >= 11 is 1.44.